The van der Waals surface area contributed by atoms with Crippen LogP contribution in [-0.4, -0.2) is 23.5 Å². The number of primary amides is 1. The summed E-state index contributed by atoms with van der Waals surface area (Å²) in [7, 11) is 0. The summed E-state index contributed by atoms with van der Waals surface area (Å²) in [5.41, 5.74) is 9.96. The maximum absolute atomic E-state index is 10.7. The number of carbonyl (C=O) groups excluding carboxylic acids is 1. The third kappa shape index (κ3) is 3.30. The number of nitro groups is 1. The Morgan fingerprint density at radius 1 is 1.59 bits per heavy atom. The number of halogens is 1. The van der Waals surface area contributed by atoms with E-state index in [1.165, 1.54) is 18.2 Å². The summed E-state index contributed by atoms with van der Waals surface area (Å²) < 4.78 is 5.05. The fraction of sp³-hybridized carbons (Fsp3) is 0.222. The average Bonchev–Trinajstić information content (AvgIpc) is 2.26. The van der Waals surface area contributed by atoms with E-state index in [2.05, 4.69) is 0 Å². The van der Waals surface area contributed by atoms with Crippen molar-refractivity contribution in [3.8, 4) is 5.75 Å². The molecular formula is C9H10ClN3O4. The van der Waals surface area contributed by atoms with Crippen LogP contribution < -0.4 is 16.2 Å². The molecule has 0 saturated carbocycles. The predicted molar refractivity (Wildman–Crippen MR) is 60.8 cm³/mol. The Morgan fingerprint density at radius 3 is 2.76 bits per heavy atom. The third-order valence-corrected chi connectivity index (χ3v) is 2.21. The molecule has 7 nitrogen and oxygen atoms in total. The number of amides is 1. The van der Waals surface area contributed by atoms with Gasteiger partial charge in [-0.3, -0.25) is 14.9 Å². The van der Waals surface area contributed by atoms with Gasteiger partial charge in [0, 0.05) is 6.07 Å². The molecule has 0 fully saturated rings. The van der Waals surface area contributed by atoms with E-state index in [4.69, 9.17) is 27.8 Å². The van der Waals surface area contributed by atoms with Gasteiger partial charge in [0.15, 0.2) is 0 Å². The summed E-state index contributed by atoms with van der Waals surface area (Å²) in [6, 6.07) is 3.03. The van der Waals surface area contributed by atoms with Crippen LogP contribution in [0.4, 0.5) is 5.69 Å². The van der Waals surface area contributed by atoms with Gasteiger partial charge in [-0.2, -0.15) is 0 Å². The maximum Gasteiger partial charge on any atom is 0.312 e. The number of nitrogens with two attached hydrogens (primary N) is 2. The van der Waals surface area contributed by atoms with E-state index in [0.717, 1.165) is 0 Å². The number of rotatable bonds is 5. The van der Waals surface area contributed by atoms with Crippen molar-refractivity contribution in [2.24, 2.45) is 11.5 Å². The first-order valence-corrected chi connectivity index (χ1v) is 4.92. The Labute approximate surface area is 101 Å². The van der Waals surface area contributed by atoms with Crippen molar-refractivity contribution < 1.29 is 14.5 Å². The zero-order valence-electron chi connectivity index (χ0n) is 8.63. The molecule has 0 bridgehead atoms. The molecule has 1 atom stereocenters. The Balaban J connectivity index is 2.90. The molecule has 0 aromatic heterocycles. The van der Waals surface area contributed by atoms with Crippen molar-refractivity contribution in [1.29, 1.82) is 0 Å². The molecule has 1 rings (SSSR count). The number of carbonyl (C=O) groups is 1. The summed E-state index contributed by atoms with van der Waals surface area (Å²) in [4.78, 5) is 20.7. The molecule has 0 saturated heterocycles. The zero-order chi connectivity index (χ0) is 13.0. The quantitative estimate of drug-likeness (QED) is 0.587. The Morgan fingerprint density at radius 2 is 2.24 bits per heavy atom. The molecule has 0 spiro atoms. The van der Waals surface area contributed by atoms with E-state index in [-0.39, 0.29) is 23.1 Å². The van der Waals surface area contributed by atoms with Crippen LogP contribution in [0.15, 0.2) is 18.2 Å². The average molecular weight is 260 g/mol. The summed E-state index contributed by atoms with van der Waals surface area (Å²) in [6.45, 7) is -0.278. The lowest BCUT2D eigenvalue weighted by Gasteiger charge is -2.11. The van der Waals surface area contributed by atoms with Crippen molar-refractivity contribution in [3.05, 3.63) is 33.3 Å². The number of nitro benzene ring substituents is 1. The van der Waals surface area contributed by atoms with Crippen molar-refractivity contribution in [2.45, 2.75) is 6.04 Å². The van der Waals surface area contributed by atoms with E-state index >= 15 is 0 Å². The van der Waals surface area contributed by atoms with Gasteiger partial charge in [-0.05, 0) is 6.07 Å². The van der Waals surface area contributed by atoms with E-state index in [1.807, 2.05) is 0 Å². The summed E-state index contributed by atoms with van der Waals surface area (Å²) >= 11 is 5.75. The first-order chi connectivity index (χ1) is 7.93. The van der Waals surface area contributed by atoms with Gasteiger partial charge in [0.25, 0.3) is 0 Å². The second kappa shape index (κ2) is 5.46. The maximum atomic E-state index is 10.7. The van der Waals surface area contributed by atoms with Gasteiger partial charge >= 0.3 is 5.69 Å². The minimum atomic E-state index is -1.05. The minimum Gasteiger partial charge on any atom is -0.484 e. The van der Waals surface area contributed by atoms with Crippen molar-refractivity contribution in [2.75, 3.05) is 6.61 Å². The molecular weight excluding hydrogens is 250 g/mol. The van der Waals surface area contributed by atoms with Gasteiger partial charge < -0.3 is 16.2 Å². The lowest BCUT2D eigenvalue weighted by Crippen LogP contribution is -2.41. The van der Waals surface area contributed by atoms with Gasteiger partial charge in [-0.15, -0.1) is 0 Å². The number of nitrogens with zero attached hydrogens (tertiary/aromatic N) is 1. The summed E-state index contributed by atoms with van der Waals surface area (Å²) in [5, 5.41) is 10.8. The molecule has 1 amide bonds. The highest BCUT2D eigenvalue weighted by Gasteiger charge is 2.20. The van der Waals surface area contributed by atoms with Crippen LogP contribution in [0.2, 0.25) is 5.02 Å². The van der Waals surface area contributed by atoms with Crippen LogP contribution in [-0.2, 0) is 4.79 Å². The van der Waals surface area contributed by atoms with E-state index in [9.17, 15) is 14.9 Å². The van der Waals surface area contributed by atoms with E-state index in [0.29, 0.717) is 0 Å². The van der Waals surface area contributed by atoms with Crippen LogP contribution in [0.25, 0.3) is 0 Å². The van der Waals surface area contributed by atoms with Crippen LogP contribution in [0, 0.1) is 10.1 Å². The number of benzene rings is 1. The fourth-order valence-corrected chi connectivity index (χ4v) is 1.26. The summed E-state index contributed by atoms with van der Waals surface area (Å²) in [5.74, 6) is -0.893. The first-order valence-electron chi connectivity index (χ1n) is 4.54. The highest BCUT2D eigenvalue weighted by Crippen LogP contribution is 2.34. The topological polar surface area (TPSA) is 121 Å². The highest BCUT2D eigenvalue weighted by atomic mass is 35.5. The Hall–Kier alpha value is -1.86. The zero-order valence-corrected chi connectivity index (χ0v) is 9.39. The van der Waals surface area contributed by atoms with Crippen LogP contribution in [0.5, 0.6) is 5.75 Å². The molecule has 92 valence electrons. The molecule has 4 N–H and O–H groups in total. The molecule has 0 aliphatic rings. The van der Waals surface area contributed by atoms with Crippen molar-refractivity contribution >= 4 is 23.2 Å². The molecule has 0 aliphatic carbocycles. The predicted octanol–water partition coefficient (Wildman–Crippen LogP) is 0.440. The molecule has 0 heterocycles. The van der Waals surface area contributed by atoms with E-state index < -0.39 is 16.9 Å². The molecule has 1 unspecified atom stereocenters. The molecule has 1 aromatic carbocycles. The standard InChI is InChI=1S/C9H10ClN3O4/c10-5-2-1-3-7(13(15)16)8(5)17-4-6(11)9(12)14/h1-3,6H,4,11H2,(H2,12,14). The van der Waals surface area contributed by atoms with Gasteiger partial charge in [0.2, 0.25) is 11.7 Å². The molecule has 8 heteroatoms. The van der Waals surface area contributed by atoms with Crippen molar-refractivity contribution in [3.63, 3.8) is 0 Å². The molecule has 0 aliphatic heterocycles. The monoisotopic (exact) mass is 259 g/mol. The largest absolute Gasteiger partial charge is 0.484 e. The normalized spacial score (nSPS) is 11.9. The van der Waals surface area contributed by atoms with Gasteiger partial charge in [0.1, 0.15) is 12.6 Å². The smallest absolute Gasteiger partial charge is 0.312 e. The number of para-hydroxylation sites is 1. The number of hydrogen-bond acceptors (Lipinski definition) is 5. The van der Waals surface area contributed by atoms with Crippen LogP contribution in [0.3, 0.4) is 0 Å². The Bertz CT molecular complexity index is 452. The lowest BCUT2D eigenvalue weighted by molar-refractivity contribution is -0.385. The van der Waals surface area contributed by atoms with Gasteiger partial charge in [-0.25, -0.2) is 0 Å². The second-order valence-corrected chi connectivity index (χ2v) is 3.57. The highest BCUT2D eigenvalue weighted by molar-refractivity contribution is 6.32. The van der Waals surface area contributed by atoms with Crippen LogP contribution in [0.1, 0.15) is 0 Å². The SMILES string of the molecule is NC(=O)C(N)COc1c(Cl)cccc1[N+](=O)[O-]. The molecule has 1 aromatic rings. The van der Waals surface area contributed by atoms with Gasteiger partial charge in [0.05, 0.1) is 9.95 Å². The first kappa shape index (κ1) is 13.2. The van der Waals surface area contributed by atoms with Crippen molar-refractivity contribution in [1.82, 2.24) is 0 Å². The number of hydrogen-bond donors (Lipinski definition) is 2. The van der Waals surface area contributed by atoms with E-state index in [1.54, 1.807) is 0 Å². The fourth-order valence-electron chi connectivity index (χ4n) is 1.04. The molecule has 0 radical (unpaired) electrons. The summed E-state index contributed by atoms with van der Waals surface area (Å²) in [6.07, 6.45) is 0. The molecule has 17 heavy (non-hydrogen) atoms. The lowest BCUT2D eigenvalue weighted by atomic mass is 10.3. The van der Waals surface area contributed by atoms with Gasteiger partial charge in [-0.1, -0.05) is 17.7 Å². The number of ether oxygens (including phenoxy) is 1. The second-order valence-electron chi connectivity index (χ2n) is 3.17. The third-order valence-electron chi connectivity index (χ3n) is 1.92. The minimum absolute atomic E-state index is 0.0656. The Kier molecular flexibility index (Phi) is 4.24. The van der Waals surface area contributed by atoms with Crippen LogP contribution >= 0.6 is 11.6 Å².